The van der Waals surface area contributed by atoms with Crippen molar-refractivity contribution in [3.05, 3.63) is 89.1 Å². The number of methoxy groups -OCH3 is 3. The quantitative estimate of drug-likeness (QED) is 0.113. The largest absolute Gasteiger partial charge is 0.496 e. The van der Waals surface area contributed by atoms with Crippen LogP contribution in [0, 0.1) is 6.92 Å². The monoisotopic (exact) mass is 618 g/mol. The molecule has 0 N–H and O–H groups in total. The lowest BCUT2D eigenvalue weighted by Crippen LogP contribution is -2.45. The molecule has 236 valence electrons. The maximum atomic E-state index is 12.5. The van der Waals surface area contributed by atoms with Crippen molar-refractivity contribution < 1.29 is 28.2 Å². The van der Waals surface area contributed by atoms with Gasteiger partial charge in [-0.25, -0.2) is 4.79 Å². The third-order valence-corrected chi connectivity index (χ3v) is 13.0. The molecule has 0 aliphatic rings. The van der Waals surface area contributed by atoms with Crippen LogP contribution in [0.1, 0.15) is 53.9 Å². The van der Waals surface area contributed by atoms with Gasteiger partial charge in [0.25, 0.3) is 0 Å². The van der Waals surface area contributed by atoms with Crippen LogP contribution in [-0.4, -0.2) is 58.1 Å². The third kappa shape index (κ3) is 7.51. The lowest BCUT2D eigenvalue weighted by atomic mass is 10.0. The minimum atomic E-state index is -2.32. The fourth-order valence-electron chi connectivity index (χ4n) is 4.98. The van der Waals surface area contributed by atoms with E-state index in [4.69, 9.17) is 28.5 Å². The summed E-state index contributed by atoms with van der Waals surface area (Å²) in [5.41, 5.74) is 4.03. The topological polar surface area (TPSA) is 81.0 Å². The highest BCUT2D eigenvalue weighted by molar-refractivity contribution is 6.74. The van der Waals surface area contributed by atoms with Crippen LogP contribution in [0.2, 0.25) is 18.1 Å². The third-order valence-electron chi connectivity index (χ3n) is 8.59. The lowest BCUT2D eigenvalue weighted by Gasteiger charge is -2.41. The Bertz CT molecular complexity index is 1540. The number of rotatable bonds is 13. The number of carbonyl (C=O) groups excluding carboxylic acids is 1. The van der Waals surface area contributed by atoms with E-state index in [1.54, 1.807) is 20.3 Å². The Morgan fingerprint density at radius 1 is 0.955 bits per heavy atom. The molecule has 1 heterocycles. The van der Waals surface area contributed by atoms with E-state index in [1.165, 1.54) is 12.7 Å². The van der Waals surface area contributed by atoms with Crippen molar-refractivity contribution in [2.75, 3.05) is 27.9 Å². The van der Waals surface area contributed by atoms with Crippen LogP contribution in [0.15, 0.2) is 66.9 Å². The number of esters is 1. The van der Waals surface area contributed by atoms with Crippen molar-refractivity contribution >= 4 is 25.2 Å². The molecule has 0 unspecified atom stereocenters. The summed E-state index contributed by atoms with van der Waals surface area (Å²) in [5.74, 6) is 1.02. The molecule has 2 atom stereocenters. The van der Waals surface area contributed by atoms with Gasteiger partial charge in [-0.2, -0.15) is 5.10 Å². The highest BCUT2D eigenvalue weighted by Crippen LogP contribution is 2.43. The van der Waals surface area contributed by atoms with Crippen LogP contribution in [0.5, 0.6) is 11.5 Å². The highest BCUT2D eigenvalue weighted by Gasteiger charge is 2.42. The molecule has 3 aromatic carbocycles. The summed E-state index contributed by atoms with van der Waals surface area (Å²) in [6, 6.07) is 19.9. The SMILES string of the molecule is COC(=O)c1cccc2cn(C[C@H](OCCc3ccccc3)[C@H](O[Si](C)(C)C(C)(C)C)c3cc(OC)c(C)c(OC)c3)nc12. The first-order valence-electron chi connectivity index (χ1n) is 15.0. The molecule has 8 nitrogen and oxygen atoms in total. The van der Waals surface area contributed by atoms with Gasteiger partial charge >= 0.3 is 5.97 Å². The van der Waals surface area contributed by atoms with Crippen molar-refractivity contribution in [3.8, 4) is 11.5 Å². The molecule has 0 saturated heterocycles. The first kappa shape index (κ1) is 33.2. The predicted octanol–water partition coefficient (Wildman–Crippen LogP) is 7.54. The van der Waals surface area contributed by atoms with Gasteiger partial charge in [0.1, 0.15) is 23.1 Å². The number of hydrogen-bond acceptors (Lipinski definition) is 7. The Morgan fingerprint density at radius 2 is 1.61 bits per heavy atom. The number of fused-ring (bicyclic) bond motifs is 1. The van der Waals surface area contributed by atoms with Gasteiger partial charge in [0.15, 0.2) is 8.32 Å². The lowest BCUT2D eigenvalue weighted by molar-refractivity contribution is -0.0421. The van der Waals surface area contributed by atoms with E-state index in [1.807, 2.05) is 60.3 Å². The van der Waals surface area contributed by atoms with Gasteiger partial charge in [-0.1, -0.05) is 63.2 Å². The Hall–Kier alpha value is -3.66. The number of nitrogens with zero attached hydrogens (tertiary/aromatic N) is 2. The van der Waals surface area contributed by atoms with Gasteiger partial charge in [0.05, 0.1) is 46.1 Å². The first-order chi connectivity index (χ1) is 20.9. The van der Waals surface area contributed by atoms with Crippen LogP contribution < -0.4 is 9.47 Å². The molecule has 0 fully saturated rings. The van der Waals surface area contributed by atoms with Gasteiger partial charge in [-0.05, 0) is 60.8 Å². The van der Waals surface area contributed by atoms with Crippen molar-refractivity contribution in [2.45, 2.75) is 71.0 Å². The summed E-state index contributed by atoms with van der Waals surface area (Å²) >= 11 is 0. The first-order valence-corrected chi connectivity index (χ1v) is 17.9. The Morgan fingerprint density at radius 3 is 2.20 bits per heavy atom. The summed E-state index contributed by atoms with van der Waals surface area (Å²) in [6.07, 6.45) is 1.80. The van der Waals surface area contributed by atoms with Gasteiger partial charge < -0.3 is 23.4 Å². The standard InChI is InChI=1S/C35H46N2O6Si/c1-24-29(39-5)20-27(21-30(24)40-6)33(43-44(8,9)35(2,3)4)31(42-19-18-25-14-11-10-12-15-25)23-37-22-26-16-13-17-28(32(26)36-37)34(38)41-7/h10-17,20-22,31,33H,18-19,23H2,1-9H3/t31-,33+/m0/s1. The molecule has 44 heavy (non-hydrogen) atoms. The molecule has 0 aliphatic carbocycles. The van der Waals surface area contributed by atoms with E-state index >= 15 is 0 Å². The van der Waals surface area contributed by atoms with E-state index in [9.17, 15) is 4.79 Å². The number of aromatic nitrogens is 2. The second kappa shape index (κ2) is 14.0. The van der Waals surface area contributed by atoms with Crippen LogP contribution in [0.25, 0.3) is 10.9 Å². The van der Waals surface area contributed by atoms with Gasteiger partial charge in [-0.15, -0.1) is 0 Å². The molecule has 0 amide bonds. The summed E-state index contributed by atoms with van der Waals surface area (Å²) in [4.78, 5) is 12.5. The Labute approximate surface area is 262 Å². The molecule has 0 saturated carbocycles. The van der Waals surface area contributed by atoms with Crippen LogP contribution >= 0.6 is 0 Å². The van der Waals surface area contributed by atoms with Crippen molar-refractivity contribution in [1.82, 2.24) is 9.78 Å². The molecule has 0 bridgehead atoms. The van der Waals surface area contributed by atoms with Crippen LogP contribution in [0.3, 0.4) is 0 Å². The average Bonchev–Trinajstić information content (AvgIpc) is 3.42. The normalized spacial score (nSPS) is 13.5. The summed E-state index contributed by atoms with van der Waals surface area (Å²) in [5, 5.41) is 5.63. The van der Waals surface area contributed by atoms with E-state index in [2.05, 4.69) is 46.0 Å². The summed E-state index contributed by atoms with van der Waals surface area (Å²) in [7, 11) is 2.39. The summed E-state index contributed by atoms with van der Waals surface area (Å²) in [6.45, 7) is 14.0. The smallest absolute Gasteiger partial charge is 0.340 e. The molecule has 0 spiro atoms. The maximum Gasteiger partial charge on any atom is 0.340 e. The molecule has 4 rings (SSSR count). The number of benzene rings is 3. The summed E-state index contributed by atoms with van der Waals surface area (Å²) < 4.78 is 32.4. The number of ether oxygens (including phenoxy) is 4. The molecule has 9 heteroatoms. The maximum absolute atomic E-state index is 12.5. The zero-order chi connectivity index (χ0) is 32.1. The minimum Gasteiger partial charge on any atom is -0.496 e. The van der Waals surface area contributed by atoms with E-state index < -0.39 is 26.5 Å². The second-order valence-electron chi connectivity index (χ2n) is 12.6. The van der Waals surface area contributed by atoms with Crippen molar-refractivity contribution in [1.29, 1.82) is 0 Å². The average molecular weight is 619 g/mol. The van der Waals surface area contributed by atoms with E-state index in [0.717, 1.165) is 34.4 Å². The zero-order valence-corrected chi connectivity index (χ0v) is 28.5. The minimum absolute atomic E-state index is 0.0471. The Kier molecular flexibility index (Phi) is 10.5. The molecule has 4 aromatic rings. The zero-order valence-electron chi connectivity index (χ0n) is 27.5. The van der Waals surface area contributed by atoms with Gasteiger partial charge in [-0.3, -0.25) is 4.68 Å². The highest BCUT2D eigenvalue weighted by atomic mass is 28.4. The molecule has 0 aliphatic heterocycles. The van der Waals surface area contributed by atoms with Crippen LogP contribution in [-0.2, 0) is 26.9 Å². The van der Waals surface area contributed by atoms with Crippen molar-refractivity contribution in [3.63, 3.8) is 0 Å². The number of carbonyl (C=O) groups is 1. The predicted molar refractivity (Wildman–Crippen MR) is 176 cm³/mol. The molecular weight excluding hydrogens is 572 g/mol. The Balaban J connectivity index is 1.81. The molecular formula is C35H46N2O6Si. The fourth-order valence-corrected chi connectivity index (χ4v) is 6.26. The second-order valence-corrected chi connectivity index (χ2v) is 17.3. The molecule has 0 radical (unpaired) electrons. The van der Waals surface area contributed by atoms with Gasteiger partial charge in [0.2, 0.25) is 0 Å². The van der Waals surface area contributed by atoms with Crippen LogP contribution in [0.4, 0.5) is 0 Å². The van der Waals surface area contributed by atoms with Crippen molar-refractivity contribution in [2.24, 2.45) is 0 Å². The van der Waals surface area contributed by atoms with Gasteiger partial charge in [0, 0.05) is 17.1 Å². The molecule has 1 aromatic heterocycles. The number of hydrogen-bond donors (Lipinski definition) is 0. The fraction of sp³-hybridized carbons (Fsp3) is 0.429. The van der Waals surface area contributed by atoms with E-state index in [0.29, 0.717) is 24.2 Å². The van der Waals surface area contributed by atoms with E-state index in [-0.39, 0.29) is 5.04 Å².